The molecule has 1 aliphatic rings. The summed E-state index contributed by atoms with van der Waals surface area (Å²) in [5, 5.41) is 3.41. The molecule has 3 nitrogen and oxygen atoms in total. The first kappa shape index (κ1) is 14.3. The first-order chi connectivity index (χ1) is 7.77. The van der Waals surface area contributed by atoms with E-state index in [-0.39, 0.29) is 24.0 Å². The highest BCUT2D eigenvalue weighted by atomic mass is 127. The molecule has 0 fully saturated rings. The number of nitrogens with one attached hydrogen (secondary N) is 1. The van der Waals surface area contributed by atoms with Gasteiger partial charge in [0.05, 0.1) is 6.54 Å². The molecule has 1 aromatic rings. The van der Waals surface area contributed by atoms with Crippen molar-refractivity contribution >= 4 is 29.9 Å². The van der Waals surface area contributed by atoms with Crippen LogP contribution < -0.4 is 5.32 Å². The van der Waals surface area contributed by atoms with Crippen LogP contribution >= 0.6 is 24.0 Å². The summed E-state index contributed by atoms with van der Waals surface area (Å²) in [6.07, 6.45) is 0. The number of aliphatic imine (C=N–C) groups is 1. The van der Waals surface area contributed by atoms with Gasteiger partial charge >= 0.3 is 0 Å². The zero-order chi connectivity index (χ0) is 11.4. The summed E-state index contributed by atoms with van der Waals surface area (Å²) in [6, 6.07) is 10.6. The predicted octanol–water partition coefficient (Wildman–Crippen LogP) is 2.30. The van der Waals surface area contributed by atoms with Crippen LogP contribution in [0.4, 0.5) is 0 Å². The van der Waals surface area contributed by atoms with Crippen molar-refractivity contribution in [1.29, 1.82) is 0 Å². The number of guanidine groups is 1. The maximum absolute atomic E-state index is 4.41. The maximum Gasteiger partial charge on any atom is 0.193 e. The first-order valence-electron chi connectivity index (χ1n) is 5.82. The largest absolute Gasteiger partial charge is 0.356 e. The van der Waals surface area contributed by atoms with Gasteiger partial charge in [-0.3, -0.25) is 4.99 Å². The third-order valence-corrected chi connectivity index (χ3v) is 2.99. The number of nitrogens with zero attached hydrogens (tertiary/aromatic N) is 2. The summed E-state index contributed by atoms with van der Waals surface area (Å²) in [7, 11) is 2.08. The SMILES string of the molecule is CC(CNC1=NCCN1C)c1ccccc1.I. The van der Waals surface area contributed by atoms with Crippen molar-refractivity contribution in [3.05, 3.63) is 35.9 Å². The van der Waals surface area contributed by atoms with E-state index in [1.807, 2.05) is 0 Å². The molecule has 0 bridgehead atoms. The topological polar surface area (TPSA) is 27.6 Å². The maximum atomic E-state index is 4.41. The summed E-state index contributed by atoms with van der Waals surface area (Å²) in [6.45, 7) is 5.12. The molecule has 0 saturated heterocycles. The van der Waals surface area contributed by atoms with Gasteiger partial charge in [0.25, 0.3) is 0 Å². The highest BCUT2D eigenvalue weighted by Crippen LogP contribution is 2.13. The standard InChI is InChI=1S/C13H19N3.HI/c1-11(12-6-4-3-5-7-12)10-15-13-14-8-9-16(13)2;/h3-7,11H,8-10H2,1-2H3,(H,14,15);1H. The zero-order valence-corrected chi connectivity index (χ0v) is 12.7. The predicted molar refractivity (Wildman–Crippen MR) is 83.2 cm³/mol. The fourth-order valence-corrected chi connectivity index (χ4v) is 1.87. The van der Waals surface area contributed by atoms with Crippen LogP contribution in [0, 0.1) is 0 Å². The molecule has 0 amide bonds. The fraction of sp³-hybridized carbons (Fsp3) is 0.462. The molecule has 4 heteroatoms. The molecule has 0 radical (unpaired) electrons. The Balaban J connectivity index is 0.00000144. The number of halogens is 1. The molecule has 0 saturated carbocycles. The normalized spacial score (nSPS) is 16.1. The molecule has 94 valence electrons. The molecule has 1 aliphatic heterocycles. The van der Waals surface area contributed by atoms with Crippen molar-refractivity contribution in [3.63, 3.8) is 0 Å². The lowest BCUT2D eigenvalue weighted by molar-refractivity contribution is 0.529. The van der Waals surface area contributed by atoms with E-state index in [0.29, 0.717) is 5.92 Å². The number of hydrogen-bond acceptors (Lipinski definition) is 3. The van der Waals surface area contributed by atoms with Gasteiger partial charge in [-0.1, -0.05) is 37.3 Å². The summed E-state index contributed by atoms with van der Waals surface area (Å²) in [4.78, 5) is 6.58. The van der Waals surface area contributed by atoms with Crippen molar-refractivity contribution in [1.82, 2.24) is 10.2 Å². The van der Waals surface area contributed by atoms with Crippen molar-refractivity contribution in [3.8, 4) is 0 Å². The smallest absolute Gasteiger partial charge is 0.193 e. The molecule has 1 heterocycles. The average molecular weight is 345 g/mol. The van der Waals surface area contributed by atoms with Gasteiger partial charge in [0.1, 0.15) is 0 Å². The number of benzene rings is 1. The molecule has 17 heavy (non-hydrogen) atoms. The first-order valence-corrected chi connectivity index (χ1v) is 5.82. The molecule has 1 aromatic carbocycles. The van der Waals surface area contributed by atoms with Gasteiger partial charge in [-0.2, -0.15) is 0 Å². The van der Waals surface area contributed by atoms with Crippen molar-refractivity contribution < 1.29 is 0 Å². The molecular formula is C13H20IN3. The average Bonchev–Trinajstić information content (AvgIpc) is 2.73. The summed E-state index contributed by atoms with van der Waals surface area (Å²) in [5.74, 6) is 1.54. The van der Waals surface area contributed by atoms with Crippen LogP contribution in [-0.2, 0) is 0 Å². The lowest BCUT2D eigenvalue weighted by Crippen LogP contribution is -2.37. The highest BCUT2D eigenvalue weighted by Gasteiger charge is 2.13. The third-order valence-electron chi connectivity index (χ3n) is 2.99. The van der Waals surface area contributed by atoms with E-state index in [0.717, 1.165) is 25.6 Å². The second-order valence-corrected chi connectivity index (χ2v) is 4.32. The van der Waals surface area contributed by atoms with E-state index in [1.54, 1.807) is 0 Å². The Morgan fingerprint density at radius 2 is 2.06 bits per heavy atom. The Morgan fingerprint density at radius 3 is 2.65 bits per heavy atom. The fourth-order valence-electron chi connectivity index (χ4n) is 1.87. The molecule has 0 aromatic heterocycles. The quantitative estimate of drug-likeness (QED) is 0.852. The van der Waals surface area contributed by atoms with Crippen molar-refractivity contribution in [2.75, 3.05) is 26.7 Å². The molecule has 0 aliphatic carbocycles. The van der Waals surface area contributed by atoms with Crippen LogP contribution in [0.15, 0.2) is 35.3 Å². The van der Waals surface area contributed by atoms with E-state index >= 15 is 0 Å². The second kappa shape index (κ2) is 6.83. The molecular weight excluding hydrogens is 325 g/mol. The van der Waals surface area contributed by atoms with Crippen LogP contribution in [0.5, 0.6) is 0 Å². The van der Waals surface area contributed by atoms with Gasteiger partial charge in [-0.05, 0) is 11.5 Å². The zero-order valence-electron chi connectivity index (χ0n) is 10.4. The molecule has 1 N–H and O–H groups in total. The minimum atomic E-state index is 0. The lowest BCUT2D eigenvalue weighted by Gasteiger charge is -2.18. The Bertz CT molecular complexity index is 364. The molecule has 0 spiro atoms. The third kappa shape index (κ3) is 3.87. The van der Waals surface area contributed by atoms with Crippen LogP contribution in [0.3, 0.4) is 0 Å². The second-order valence-electron chi connectivity index (χ2n) is 4.32. The summed E-state index contributed by atoms with van der Waals surface area (Å²) < 4.78 is 0. The van der Waals surface area contributed by atoms with Gasteiger partial charge in [-0.25, -0.2) is 0 Å². The van der Waals surface area contributed by atoms with Gasteiger partial charge in [0.15, 0.2) is 5.96 Å². The van der Waals surface area contributed by atoms with Crippen LogP contribution in [0.2, 0.25) is 0 Å². The van der Waals surface area contributed by atoms with E-state index in [1.165, 1.54) is 5.56 Å². The van der Waals surface area contributed by atoms with Gasteiger partial charge in [0.2, 0.25) is 0 Å². The molecule has 1 atom stereocenters. The van der Waals surface area contributed by atoms with Crippen LogP contribution in [-0.4, -0.2) is 37.5 Å². The Morgan fingerprint density at radius 1 is 1.35 bits per heavy atom. The molecule has 1 unspecified atom stereocenters. The lowest BCUT2D eigenvalue weighted by atomic mass is 10.0. The van der Waals surface area contributed by atoms with Crippen molar-refractivity contribution in [2.45, 2.75) is 12.8 Å². The molecule has 2 rings (SSSR count). The Labute approximate surface area is 120 Å². The number of rotatable bonds is 3. The van der Waals surface area contributed by atoms with E-state index in [2.05, 4.69) is 59.5 Å². The summed E-state index contributed by atoms with van der Waals surface area (Å²) in [5.41, 5.74) is 1.37. The Hall–Kier alpha value is -0.780. The van der Waals surface area contributed by atoms with E-state index in [4.69, 9.17) is 0 Å². The monoisotopic (exact) mass is 345 g/mol. The Kier molecular flexibility index (Phi) is 5.74. The van der Waals surface area contributed by atoms with Crippen LogP contribution in [0.25, 0.3) is 0 Å². The van der Waals surface area contributed by atoms with E-state index < -0.39 is 0 Å². The van der Waals surface area contributed by atoms with Crippen LogP contribution in [0.1, 0.15) is 18.4 Å². The van der Waals surface area contributed by atoms with Gasteiger partial charge in [-0.15, -0.1) is 24.0 Å². The van der Waals surface area contributed by atoms with Crippen molar-refractivity contribution in [2.24, 2.45) is 4.99 Å². The minimum absolute atomic E-state index is 0. The minimum Gasteiger partial charge on any atom is -0.356 e. The van der Waals surface area contributed by atoms with Gasteiger partial charge in [0, 0.05) is 20.1 Å². The number of hydrogen-bond donors (Lipinski definition) is 1. The summed E-state index contributed by atoms with van der Waals surface area (Å²) >= 11 is 0. The van der Waals surface area contributed by atoms with Gasteiger partial charge < -0.3 is 10.2 Å². The van der Waals surface area contributed by atoms with E-state index in [9.17, 15) is 0 Å². The number of likely N-dealkylation sites (N-methyl/N-ethyl adjacent to an activating group) is 1. The highest BCUT2D eigenvalue weighted by molar-refractivity contribution is 14.0.